The fourth-order valence-electron chi connectivity index (χ4n) is 1.81. The lowest BCUT2D eigenvalue weighted by Crippen LogP contribution is -2.45. The highest BCUT2D eigenvalue weighted by molar-refractivity contribution is 6.02. The summed E-state index contributed by atoms with van der Waals surface area (Å²) in [7, 11) is 0. The average molecular weight is 314 g/mol. The van der Waals surface area contributed by atoms with Crippen molar-refractivity contribution in [3.63, 3.8) is 0 Å². The summed E-state index contributed by atoms with van der Waals surface area (Å²) in [5.41, 5.74) is -0.826. The second kappa shape index (κ2) is 7.56. The molecular formula is C18H18O5. The fraction of sp³-hybridized carbons (Fsp3) is 0.222. The summed E-state index contributed by atoms with van der Waals surface area (Å²) >= 11 is 0. The Balaban J connectivity index is 1.88. The quantitative estimate of drug-likeness (QED) is 0.654. The number of hydrogen-bond donors (Lipinski definition) is 1. The van der Waals surface area contributed by atoms with Gasteiger partial charge in [-0.3, -0.25) is 0 Å². The number of benzene rings is 2. The van der Waals surface area contributed by atoms with Crippen molar-refractivity contribution in [3.05, 3.63) is 71.8 Å². The van der Waals surface area contributed by atoms with E-state index in [1.807, 2.05) is 12.1 Å². The Hall–Kier alpha value is -2.66. The third-order valence-corrected chi connectivity index (χ3v) is 3.22. The van der Waals surface area contributed by atoms with E-state index in [2.05, 4.69) is 0 Å². The minimum absolute atomic E-state index is 0.0260. The van der Waals surface area contributed by atoms with E-state index in [-0.39, 0.29) is 13.2 Å². The molecule has 0 fully saturated rings. The van der Waals surface area contributed by atoms with Crippen LogP contribution in [-0.4, -0.2) is 22.6 Å². The number of ether oxygens (including phenoxy) is 2. The lowest BCUT2D eigenvalue weighted by molar-refractivity contribution is -0.183. The lowest BCUT2D eigenvalue weighted by Gasteiger charge is -2.19. The van der Waals surface area contributed by atoms with Crippen LogP contribution in [0.4, 0.5) is 0 Å². The van der Waals surface area contributed by atoms with Crippen molar-refractivity contribution in [1.82, 2.24) is 0 Å². The van der Waals surface area contributed by atoms with E-state index in [0.29, 0.717) is 0 Å². The van der Waals surface area contributed by atoms with Gasteiger partial charge in [0.05, 0.1) is 0 Å². The maximum atomic E-state index is 11.9. The topological polar surface area (TPSA) is 72.8 Å². The van der Waals surface area contributed by atoms with Crippen molar-refractivity contribution in [2.24, 2.45) is 0 Å². The minimum Gasteiger partial charge on any atom is -0.458 e. The van der Waals surface area contributed by atoms with Gasteiger partial charge in [-0.25, -0.2) is 9.59 Å². The Morgan fingerprint density at radius 2 is 1.17 bits per heavy atom. The molecule has 0 unspecified atom stereocenters. The van der Waals surface area contributed by atoms with E-state index >= 15 is 0 Å². The molecule has 23 heavy (non-hydrogen) atoms. The predicted octanol–water partition coefficient (Wildman–Crippen LogP) is 2.22. The predicted molar refractivity (Wildman–Crippen MR) is 83.1 cm³/mol. The van der Waals surface area contributed by atoms with Gasteiger partial charge in [0.1, 0.15) is 13.2 Å². The molecule has 0 atom stereocenters. The van der Waals surface area contributed by atoms with Gasteiger partial charge in [0.2, 0.25) is 0 Å². The van der Waals surface area contributed by atoms with Crippen molar-refractivity contribution < 1.29 is 24.2 Å². The number of aliphatic hydroxyl groups is 1. The maximum absolute atomic E-state index is 11.9. The van der Waals surface area contributed by atoms with Crippen molar-refractivity contribution in [2.45, 2.75) is 25.7 Å². The second-order valence-corrected chi connectivity index (χ2v) is 5.20. The molecule has 1 N–H and O–H groups in total. The molecule has 0 aliphatic carbocycles. The van der Waals surface area contributed by atoms with Gasteiger partial charge in [-0.05, 0) is 18.1 Å². The number of carbonyl (C=O) groups excluding carboxylic acids is 2. The molecule has 120 valence electrons. The highest BCUT2D eigenvalue weighted by atomic mass is 16.6. The summed E-state index contributed by atoms with van der Waals surface area (Å²) in [6.45, 7) is 1.01. The Morgan fingerprint density at radius 3 is 1.52 bits per heavy atom. The van der Waals surface area contributed by atoms with Crippen molar-refractivity contribution in [2.75, 3.05) is 0 Å². The Labute approximate surface area is 134 Å². The average Bonchev–Trinajstić information content (AvgIpc) is 2.59. The molecule has 5 heteroatoms. The minimum atomic E-state index is -2.34. The van der Waals surface area contributed by atoms with Crippen LogP contribution in [0.25, 0.3) is 0 Å². The van der Waals surface area contributed by atoms with Crippen molar-refractivity contribution in [3.8, 4) is 0 Å². The number of rotatable bonds is 6. The van der Waals surface area contributed by atoms with Gasteiger partial charge < -0.3 is 14.6 Å². The first-order valence-corrected chi connectivity index (χ1v) is 7.15. The number of esters is 2. The molecule has 2 aromatic rings. The Bertz CT molecular complexity index is 592. The normalized spacial score (nSPS) is 10.9. The van der Waals surface area contributed by atoms with Crippen LogP contribution in [0.3, 0.4) is 0 Å². The number of hydrogen-bond acceptors (Lipinski definition) is 5. The van der Waals surface area contributed by atoms with Crippen LogP contribution in [0, 0.1) is 0 Å². The lowest BCUT2D eigenvalue weighted by atomic mass is 10.1. The third kappa shape index (κ3) is 4.66. The Morgan fingerprint density at radius 1 is 0.826 bits per heavy atom. The van der Waals surface area contributed by atoms with E-state index in [4.69, 9.17) is 9.47 Å². The molecule has 5 nitrogen and oxygen atoms in total. The molecule has 0 saturated carbocycles. The van der Waals surface area contributed by atoms with Gasteiger partial charge in [-0.2, -0.15) is 0 Å². The number of carbonyl (C=O) groups is 2. The molecule has 0 aliphatic heterocycles. The second-order valence-electron chi connectivity index (χ2n) is 5.20. The van der Waals surface area contributed by atoms with Gasteiger partial charge in [0.15, 0.2) is 0 Å². The van der Waals surface area contributed by atoms with E-state index < -0.39 is 17.5 Å². The van der Waals surface area contributed by atoms with Crippen LogP contribution < -0.4 is 0 Å². The van der Waals surface area contributed by atoms with Crippen LogP contribution in [-0.2, 0) is 32.3 Å². The molecule has 0 amide bonds. The monoisotopic (exact) mass is 314 g/mol. The molecule has 2 aromatic carbocycles. The van der Waals surface area contributed by atoms with Crippen LogP contribution in [0.2, 0.25) is 0 Å². The highest BCUT2D eigenvalue weighted by Gasteiger charge is 2.42. The van der Waals surface area contributed by atoms with Gasteiger partial charge in [0.25, 0.3) is 5.60 Å². The summed E-state index contributed by atoms with van der Waals surface area (Å²) in [4.78, 5) is 23.8. The third-order valence-electron chi connectivity index (χ3n) is 3.22. The zero-order chi connectivity index (χ0) is 16.7. The van der Waals surface area contributed by atoms with Crippen LogP contribution >= 0.6 is 0 Å². The Kier molecular flexibility index (Phi) is 5.49. The van der Waals surface area contributed by atoms with Crippen LogP contribution in [0.5, 0.6) is 0 Å². The first-order chi connectivity index (χ1) is 11.0. The molecular weight excluding hydrogens is 296 g/mol. The van der Waals surface area contributed by atoms with E-state index in [1.54, 1.807) is 48.5 Å². The van der Waals surface area contributed by atoms with Crippen LogP contribution in [0.1, 0.15) is 18.1 Å². The molecule has 0 heterocycles. The molecule has 0 aromatic heterocycles. The fourth-order valence-corrected chi connectivity index (χ4v) is 1.81. The van der Waals surface area contributed by atoms with Crippen molar-refractivity contribution in [1.29, 1.82) is 0 Å². The molecule has 0 spiro atoms. The highest BCUT2D eigenvalue weighted by Crippen LogP contribution is 2.13. The molecule has 0 bridgehead atoms. The summed E-state index contributed by atoms with van der Waals surface area (Å²) < 4.78 is 9.95. The largest absolute Gasteiger partial charge is 0.458 e. The zero-order valence-corrected chi connectivity index (χ0v) is 12.8. The van der Waals surface area contributed by atoms with Gasteiger partial charge >= 0.3 is 11.9 Å². The SMILES string of the molecule is CC(O)(C(=O)OCc1ccccc1)C(=O)OCc1ccccc1. The van der Waals surface area contributed by atoms with Gasteiger partial charge in [0, 0.05) is 0 Å². The zero-order valence-electron chi connectivity index (χ0n) is 12.8. The molecule has 0 radical (unpaired) electrons. The van der Waals surface area contributed by atoms with Crippen molar-refractivity contribution >= 4 is 11.9 Å². The first-order valence-electron chi connectivity index (χ1n) is 7.15. The van der Waals surface area contributed by atoms with Gasteiger partial charge in [-0.1, -0.05) is 60.7 Å². The van der Waals surface area contributed by atoms with E-state index in [9.17, 15) is 14.7 Å². The maximum Gasteiger partial charge on any atom is 0.350 e. The van der Waals surface area contributed by atoms with E-state index in [1.165, 1.54) is 0 Å². The van der Waals surface area contributed by atoms with Gasteiger partial charge in [-0.15, -0.1) is 0 Å². The molecule has 0 aliphatic rings. The summed E-state index contributed by atoms with van der Waals surface area (Å²) in [6, 6.07) is 18.0. The molecule has 2 rings (SSSR count). The van der Waals surface area contributed by atoms with E-state index in [0.717, 1.165) is 18.1 Å². The summed E-state index contributed by atoms with van der Waals surface area (Å²) in [5, 5.41) is 10.1. The van der Waals surface area contributed by atoms with Crippen LogP contribution in [0.15, 0.2) is 60.7 Å². The standard InChI is InChI=1S/C18H18O5/c1-18(21,16(19)22-12-14-8-4-2-5-9-14)17(20)23-13-15-10-6-3-7-11-15/h2-11,21H,12-13H2,1H3. The summed E-state index contributed by atoms with van der Waals surface area (Å²) in [5.74, 6) is -2.08. The summed E-state index contributed by atoms with van der Waals surface area (Å²) in [6.07, 6.45) is 0. The first kappa shape index (κ1) is 16.7. The molecule has 0 saturated heterocycles. The smallest absolute Gasteiger partial charge is 0.350 e.